The number of aliphatic hydroxyl groups is 3. The van der Waals surface area contributed by atoms with Crippen molar-refractivity contribution < 1.29 is 15.3 Å². The predicted octanol–water partition coefficient (Wildman–Crippen LogP) is 5.77. The largest absolute Gasteiger partial charge is 0.390 e. The molecule has 0 bridgehead atoms. The van der Waals surface area contributed by atoms with E-state index in [-0.39, 0.29) is 5.41 Å². The Hall–Kier alpha value is -1.16. The molecule has 3 aliphatic carbocycles. The van der Waals surface area contributed by atoms with Gasteiger partial charge in [-0.25, -0.2) is 0 Å². The maximum Gasteiger partial charge on any atom is 0.0809 e. The Bertz CT molecular complexity index is 733. The van der Waals surface area contributed by atoms with Crippen molar-refractivity contribution in [2.45, 2.75) is 110 Å². The van der Waals surface area contributed by atoms with E-state index in [9.17, 15) is 15.3 Å². The van der Waals surface area contributed by atoms with Crippen molar-refractivity contribution in [2.75, 3.05) is 0 Å². The van der Waals surface area contributed by atoms with Gasteiger partial charge in [0.05, 0.1) is 17.8 Å². The highest BCUT2D eigenvalue weighted by atomic mass is 16.3. The van der Waals surface area contributed by atoms with Gasteiger partial charge in [-0.1, -0.05) is 47.9 Å². The summed E-state index contributed by atoms with van der Waals surface area (Å²) in [4.78, 5) is 0. The molecule has 0 aromatic rings. The third-order valence-electron chi connectivity index (χ3n) is 7.91. The van der Waals surface area contributed by atoms with Gasteiger partial charge in [-0.15, -0.1) is 0 Å². The standard InChI is InChI=1S/C27H42O3/c1-18(8-6-14-26(3,4)30)22-12-13-23-21(9-7-15-27(22,23)5)11-10-20-16-24(28)19(2)25(29)17-20/h10-11,23-25,28-30H,2,6-9,12-17H2,1,3-5H3/t23-,24+,25+,27+/m0/s1. The molecule has 0 radical (unpaired) electrons. The van der Waals surface area contributed by atoms with Crippen LogP contribution in [0.25, 0.3) is 0 Å². The van der Waals surface area contributed by atoms with Crippen LogP contribution in [0.3, 0.4) is 0 Å². The van der Waals surface area contributed by atoms with Crippen LogP contribution < -0.4 is 0 Å². The highest BCUT2D eigenvalue weighted by Crippen LogP contribution is 2.58. The van der Waals surface area contributed by atoms with Crippen molar-refractivity contribution in [3.05, 3.63) is 46.6 Å². The molecule has 0 spiro atoms. The van der Waals surface area contributed by atoms with Crippen molar-refractivity contribution in [3.63, 3.8) is 0 Å². The number of fused-ring (bicyclic) bond motifs is 1. The SMILES string of the molecule is C=C1[C@H](O)CC(=CC=C2CCC[C@]3(C)C(=C(C)CCCC(C)(C)O)CC[C@@H]23)C[C@H]1O. The summed E-state index contributed by atoms with van der Waals surface area (Å²) in [6.07, 6.45) is 13.5. The summed E-state index contributed by atoms with van der Waals surface area (Å²) in [6, 6.07) is 0. The van der Waals surface area contributed by atoms with E-state index >= 15 is 0 Å². The van der Waals surface area contributed by atoms with E-state index < -0.39 is 17.8 Å². The number of allylic oxidation sites excluding steroid dienone is 5. The summed E-state index contributed by atoms with van der Waals surface area (Å²) < 4.78 is 0. The van der Waals surface area contributed by atoms with Gasteiger partial charge >= 0.3 is 0 Å². The third kappa shape index (κ3) is 5.18. The van der Waals surface area contributed by atoms with Crippen LogP contribution in [0.1, 0.15) is 91.9 Å². The summed E-state index contributed by atoms with van der Waals surface area (Å²) in [5, 5.41) is 30.3. The van der Waals surface area contributed by atoms with Crippen molar-refractivity contribution in [1.29, 1.82) is 0 Å². The van der Waals surface area contributed by atoms with E-state index in [1.54, 1.807) is 16.7 Å². The molecule has 30 heavy (non-hydrogen) atoms. The number of aliphatic hydroxyl groups excluding tert-OH is 2. The van der Waals surface area contributed by atoms with E-state index in [2.05, 4.69) is 32.6 Å². The fourth-order valence-corrected chi connectivity index (χ4v) is 6.12. The maximum absolute atomic E-state index is 10.1. The van der Waals surface area contributed by atoms with Crippen LogP contribution in [-0.4, -0.2) is 33.1 Å². The minimum absolute atomic E-state index is 0.265. The van der Waals surface area contributed by atoms with Gasteiger partial charge in [0.15, 0.2) is 0 Å². The van der Waals surface area contributed by atoms with E-state index in [1.165, 1.54) is 25.7 Å². The van der Waals surface area contributed by atoms with E-state index in [0.29, 0.717) is 24.3 Å². The molecule has 3 fully saturated rings. The van der Waals surface area contributed by atoms with Gasteiger partial charge in [-0.3, -0.25) is 0 Å². The molecule has 3 heteroatoms. The maximum atomic E-state index is 10.1. The second-order valence-electron chi connectivity index (χ2n) is 10.9. The lowest BCUT2D eigenvalue weighted by Crippen LogP contribution is -2.29. The zero-order valence-corrected chi connectivity index (χ0v) is 19.5. The van der Waals surface area contributed by atoms with Crippen LogP contribution in [-0.2, 0) is 0 Å². The molecule has 3 saturated carbocycles. The molecule has 3 rings (SSSR count). The molecule has 0 aliphatic heterocycles. The molecule has 0 amide bonds. The summed E-state index contributed by atoms with van der Waals surface area (Å²) in [6.45, 7) is 12.4. The summed E-state index contributed by atoms with van der Waals surface area (Å²) in [7, 11) is 0. The van der Waals surface area contributed by atoms with E-state index in [1.807, 2.05) is 13.8 Å². The number of hydrogen-bond donors (Lipinski definition) is 3. The van der Waals surface area contributed by atoms with Crippen molar-refractivity contribution in [2.24, 2.45) is 11.3 Å². The zero-order valence-electron chi connectivity index (χ0n) is 19.5. The summed E-state index contributed by atoms with van der Waals surface area (Å²) in [5.74, 6) is 0.607. The van der Waals surface area contributed by atoms with Gasteiger partial charge in [0.1, 0.15) is 0 Å². The zero-order chi connectivity index (χ0) is 22.1. The lowest BCUT2D eigenvalue weighted by Gasteiger charge is -2.40. The monoisotopic (exact) mass is 414 g/mol. The molecular weight excluding hydrogens is 372 g/mol. The molecule has 3 nitrogen and oxygen atoms in total. The number of hydrogen-bond acceptors (Lipinski definition) is 3. The van der Waals surface area contributed by atoms with Gasteiger partial charge in [-0.2, -0.15) is 0 Å². The summed E-state index contributed by atoms with van der Waals surface area (Å²) in [5.41, 5.74) is 6.12. The summed E-state index contributed by atoms with van der Waals surface area (Å²) >= 11 is 0. The quantitative estimate of drug-likeness (QED) is 0.501. The Morgan fingerprint density at radius 2 is 1.83 bits per heavy atom. The van der Waals surface area contributed by atoms with Crippen LogP contribution in [0.2, 0.25) is 0 Å². The molecule has 168 valence electrons. The fourth-order valence-electron chi connectivity index (χ4n) is 6.12. The van der Waals surface area contributed by atoms with E-state index in [4.69, 9.17) is 0 Å². The first-order valence-corrected chi connectivity index (χ1v) is 11.9. The van der Waals surface area contributed by atoms with Gasteiger partial charge in [0.25, 0.3) is 0 Å². The van der Waals surface area contributed by atoms with Gasteiger partial charge in [0, 0.05) is 0 Å². The normalized spacial score (nSPS) is 35.6. The molecule has 4 atom stereocenters. The molecule has 0 unspecified atom stereocenters. The topological polar surface area (TPSA) is 60.7 Å². The average molecular weight is 415 g/mol. The van der Waals surface area contributed by atoms with Gasteiger partial charge < -0.3 is 15.3 Å². The minimum atomic E-state index is -0.623. The second kappa shape index (κ2) is 9.14. The van der Waals surface area contributed by atoms with Gasteiger partial charge in [0.2, 0.25) is 0 Å². The van der Waals surface area contributed by atoms with Crippen LogP contribution >= 0.6 is 0 Å². The van der Waals surface area contributed by atoms with E-state index in [0.717, 1.165) is 31.3 Å². The lowest BCUT2D eigenvalue weighted by molar-refractivity contribution is 0.0689. The predicted molar refractivity (Wildman–Crippen MR) is 124 cm³/mol. The molecule has 3 N–H and O–H groups in total. The van der Waals surface area contributed by atoms with Crippen LogP contribution in [0, 0.1) is 11.3 Å². The molecule has 0 aromatic heterocycles. The lowest BCUT2D eigenvalue weighted by atomic mass is 9.64. The Morgan fingerprint density at radius 3 is 2.47 bits per heavy atom. The smallest absolute Gasteiger partial charge is 0.0809 e. The number of rotatable bonds is 5. The first kappa shape index (κ1) is 23.5. The van der Waals surface area contributed by atoms with Crippen LogP contribution in [0.4, 0.5) is 0 Å². The minimum Gasteiger partial charge on any atom is -0.390 e. The Kier molecular flexibility index (Phi) is 7.16. The first-order chi connectivity index (χ1) is 14.0. The van der Waals surface area contributed by atoms with Crippen molar-refractivity contribution >= 4 is 0 Å². The van der Waals surface area contributed by atoms with Gasteiger partial charge in [-0.05, 0) is 102 Å². The Morgan fingerprint density at radius 1 is 1.17 bits per heavy atom. The fraction of sp³-hybridized carbons (Fsp3) is 0.704. The van der Waals surface area contributed by atoms with Crippen molar-refractivity contribution in [3.8, 4) is 0 Å². The highest BCUT2D eigenvalue weighted by Gasteiger charge is 2.46. The third-order valence-corrected chi connectivity index (χ3v) is 7.91. The Balaban J connectivity index is 1.74. The average Bonchev–Trinajstić information content (AvgIpc) is 3.00. The molecule has 3 aliphatic rings. The second-order valence-corrected chi connectivity index (χ2v) is 10.9. The van der Waals surface area contributed by atoms with Crippen LogP contribution in [0.15, 0.2) is 46.6 Å². The molecule has 0 saturated heterocycles. The van der Waals surface area contributed by atoms with Crippen LogP contribution in [0.5, 0.6) is 0 Å². The Labute approximate surface area is 183 Å². The highest BCUT2D eigenvalue weighted by molar-refractivity contribution is 5.35. The molecule has 0 heterocycles. The first-order valence-electron chi connectivity index (χ1n) is 11.9. The molecular formula is C27H42O3. The molecule has 0 aromatic carbocycles. The van der Waals surface area contributed by atoms with Crippen molar-refractivity contribution in [1.82, 2.24) is 0 Å².